The Morgan fingerprint density at radius 1 is 0.196 bits per heavy atom. The molecule has 0 aliphatic heterocycles. The van der Waals surface area contributed by atoms with E-state index in [1.165, 1.54) is 116 Å². The van der Waals surface area contributed by atoms with Crippen molar-refractivity contribution in [2.45, 2.75) is 273 Å². The maximum atomic E-state index is 14.4. The summed E-state index contributed by atoms with van der Waals surface area (Å²) >= 11 is 0. The third-order valence-corrected chi connectivity index (χ3v) is 20.1. The van der Waals surface area contributed by atoms with Crippen molar-refractivity contribution >= 4 is 35.8 Å². The number of halogens is 6. The molecule has 0 unspecified atom stereocenters. The molecule has 0 aromatic heterocycles. The van der Waals surface area contributed by atoms with E-state index in [2.05, 4.69) is 41.5 Å². The van der Waals surface area contributed by atoms with Gasteiger partial charge >= 0.3 is 35.8 Å². The lowest BCUT2D eigenvalue weighted by molar-refractivity contribution is -0.883. The molecule has 0 bridgehead atoms. The lowest BCUT2D eigenvalue weighted by atomic mass is 9.90. The van der Waals surface area contributed by atoms with Crippen LogP contribution >= 0.6 is 0 Å². The summed E-state index contributed by atoms with van der Waals surface area (Å²) in [6.45, 7) is 15.6. The molecule has 0 heterocycles. The fraction of sp³-hybridized carbons (Fsp3) is 0.927. The molecule has 0 spiro atoms. The number of hydrogen-bond acceptors (Lipinski definition) is 13. The Hall–Kier alpha value is -0.580. The summed E-state index contributed by atoms with van der Waals surface area (Å²) in [7, 11) is 24.3. The number of carbonyl (C=O) groups is 6. The molecule has 19 nitrogen and oxygen atoms in total. The first-order valence-electron chi connectivity index (χ1n) is 41.1. The topological polar surface area (TPSA) is 167 Å². The number of ether oxygens (including phenoxy) is 7. The van der Waals surface area contributed by atoms with Crippen LogP contribution in [0.2, 0.25) is 0 Å². The molecule has 0 saturated heterocycles. The predicted octanol–water partition coefficient (Wildman–Crippen LogP) is -3.12. The first kappa shape index (κ1) is 120. The fourth-order valence-corrected chi connectivity index (χ4v) is 13.2. The van der Waals surface area contributed by atoms with Gasteiger partial charge in [0.1, 0.15) is 39.6 Å². The Morgan fingerprint density at radius 2 is 0.318 bits per heavy atom. The van der Waals surface area contributed by atoms with Gasteiger partial charge in [0.25, 0.3) is 0 Å². The first-order chi connectivity index (χ1) is 47.7. The third kappa shape index (κ3) is 69.4. The highest BCUT2D eigenvalue weighted by Gasteiger charge is 2.43. The van der Waals surface area contributed by atoms with Gasteiger partial charge in [0.2, 0.25) is 0 Å². The standard InChI is InChI=1S/C82H166N6O13.6BrH/c1-19-25-31-37-43-49-55-83(7,8)61-75(89)96-69-81(70-97-76(90)62-84(9,10)56-50-44-38-32-26-20-2,71-98-77(91)63-85(11,12)57-51-45-39-33-27-21-3)67-95-68-82(72-99-78(92)64-86(13,14)58-52-46-40-34-28-22-4,73-100-79(93)65-87(15,16)59-53-47-41-35-29-23-5)74-101-80(94)66-88(17,18)60-54-48-42-36-30-24-6;;;;;;/h19-74H2,1-18H3;6*1H/q+6;;;;;;/p-6. The Bertz CT molecular complexity index is 1820. The van der Waals surface area contributed by atoms with Gasteiger partial charge in [-0.1, -0.05) is 196 Å². The van der Waals surface area contributed by atoms with Crippen molar-refractivity contribution in [3.05, 3.63) is 0 Å². The van der Waals surface area contributed by atoms with Crippen LogP contribution in [0.25, 0.3) is 0 Å². The van der Waals surface area contributed by atoms with Gasteiger partial charge in [0.05, 0.1) is 148 Å². The van der Waals surface area contributed by atoms with Crippen molar-refractivity contribution in [1.29, 1.82) is 0 Å². The Balaban J connectivity index is -0.00000333. The first-order valence-corrected chi connectivity index (χ1v) is 41.1. The van der Waals surface area contributed by atoms with E-state index in [9.17, 15) is 28.8 Å². The van der Waals surface area contributed by atoms with Crippen LogP contribution in [-0.4, -0.2) is 279 Å². The highest BCUT2D eigenvalue weighted by atomic mass is 79.9. The van der Waals surface area contributed by atoms with Gasteiger partial charge < -0.3 is 162 Å². The number of unbranched alkanes of at least 4 members (excludes halogenated alkanes) is 30. The van der Waals surface area contributed by atoms with E-state index in [1.807, 2.05) is 84.6 Å². The molecule has 0 aliphatic rings. The quantitative estimate of drug-likeness (QED) is 0.0260. The van der Waals surface area contributed by atoms with E-state index in [0.29, 0.717) is 26.9 Å². The molecular formula is C82H166Br6N6O13. The third-order valence-electron chi connectivity index (χ3n) is 20.1. The normalized spacial score (nSPS) is 12.1. The minimum Gasteiger partial charge on any atom is -1.00 e. The van der Waals surface area contributed by atoms with Crippen LogP contribution in [-0.2, 0) is 61.9 Å². The molecule has 0 aromatic carbocycles. The molecular weight excluding hydrogens is 1760 g/mol. The van der Waals surface area contributed by atoms with Crippen molar-refractivity contribution in [3.63, 3.8) is 0 Å². The molecule has 644 valence electrons. The van der Waals surface area contributed by atoms with Crippen LogP contribution in [0.5, 0.6) is 0 Å². The van der Waals surface area contributed by atoms with Crippen LogP contribution < -0.4 is 102 Å². The minimum atomic E-state index is -1.48. The molecule has 25 heteroatoms. The van der Waals surface area contributed by atoms with E-state index in [4.69, 9.17) is 33.2 Å². The number of nitrogens with zero attached hydrogens (tertiary/aromatic N) is 6. The molecule has 0 atom stereocenters. The van der Waals surface area contributed by atoms with Gasteiger partial charge in [-0.2, -0.15) is 0 Å². The summed E-state index contributed by atoms with van der Waals surface area (Å²) < 4.78 is 47.3. The average molecular weight is 1920 g/mol. The Labute approximate surface area is 720 Å². The molecule has 0 rings (SSSR count). The zero-order valence-electron chi connectivity index (χ0n) is 71.9. The zero-order valence-corrected chi connectivity index (χ0v) is 81.4. The summed E-state index contributed by atoms with van der Waals surface area (Å²) in [6, 6.07) is 0. The van der Waals surface area contributed by atoms with Gasteiger partial charge in [-0.3, -0.25) is 0 Å². The molecule has 0 aliphatic carbocycles. The second-order valence-electron chi connectivity index (χ2n) is 35.0. The zero-order chi connectivity index (χ0) is 76.0. The SMILES string of the molecule is CCCCCCCC[N+](C)(C)CC(=O)OCC(COCC(COC(=O)C[N+](C)(C)CCCCCCCC)(COC(=O)C[N+](C)(C)CCCCCCCC)COC(=O)C[N+](C)(C)CCCCCCCC)(COC(=O)C[N+](C)(C)CCCCCCCC)COC(=O)C[N+](C)(C)CCCCCCCC.[Br-].[Br-].[Br-].[Br-].[Br-].[Br-]. The molecule has 0 saturated carbocycles. The molecule has 107 heavy (non-hydrogen) atoms. The summed E-state index contributed by atoms with van der Waals surface area (Å²) in [5, 5.41) is 0. The summed E-state index contributed by atoms with van der Waals surface area (Å²) in [5.74, 6) is -2.81. The van der Waals surface area contributed by atoms with Gasteiger partial charge in [-0.05, 0) is 77.0 Å². The summed E-state index contributed by atoms with van der Waals surface area (Å²) in [4.78, 5) is 86.2. The number of esters is 6. The van der Waals surface area contributed by atoms with Gasteiger partial charge in [-0.15, -0.1) is 0 Å². The van der Waals surface area contributed by atoms with Gasteiger partial charge in [0, 0.05) is 0 Å². The largest absolute Gasteiger partial charge is 1.00 e. The van der Waals surface area contributed by atoms with E-state index < -0.39 is 46.6 Å². The number of carbonyl (C=O) groups excluding carboxylic acids is 6. The van der Waals surface area contributed by atoms with Crippen LogP contribution in [0, 0.1) is 10.8 Å². The molecule has 0 amide bonds. The monoisotopic (exact) mass is 1920 g/mol. The van der Waals surface area contributed by atoms with Crippen molar-refractivity contribution in [3.8, 4) is 0 Å². The van der Waals surface area contributed by atoms with E-state index >= 15 is 0 Å². The Morgan fingerprint density at radius 3 is 0.449 bits per heavy atom. The number of quaternary nitrogens is 6. The molecule has 0 radical (unpaired) electrons. The van der Waals surface area contributed by atoms with E-state index in [-0.39, 0.29) is 194 Å². The highest BCUT2D eigenvalue weighted by Crippen LogP contribution is 2.28. The van der Waals surface area contributed by atoms with Crippen molar-refractivity contribution in [2.75, 3.05) is 216 Å². The fourth-order valence-electron chi connectivity index (χ4n) is 13.2. The highest BCUT2D eigenvalue weighted by molar-refractivity contribution is 5.73. The Kier molecular flexibility index (Phi) is 77.9. The number of likely N-dealkylation sites (N-methyl/N-ethyl adjacent to an activating group) is 6. The van der Waals surface area contributed by atoms with Crippen LogP contribution in [0.3, 0.4) is 0 Å². The van der Waals surface area contributed by atoms with E-state index in [1.54, 1.807) is 0 Å². The van der Waals surface area contributed by atoms with Crippen LogP contribution in [0.1, 0.15) is 273 Å². The van der Waals surface area contributed by atoms with Gasteiger partial charge in [0.15, 0.2) is 39.3 Å². The molecule has 0 fully saturated rings. The van der Waals surface area contributed by atoms with Crippen molar-refractivity contribution in [2.24, 2.45) is 10.8 Å². The second kappa shape index (κ2) is 69.7. The molecule has 0 aromatic rings. The minimum absolute atomic E-state index is 0. The summed E-state index contributed by atoms with van der Waals surface area (Å²) in [5.41, 5.74) is -2.96. The summed E-state index contributed by atoms with van der Waals surface area (Å²) in [6.07, 6.45) is 40.3. The van der Waals surface area contributed by atoms with Crippen LogP contribution in [0.4, 0.5) is 0 Å². The van der Waals surface area contributed by atoms with Crippen molar-refractivity contribution in [1.82, 2.24) is 0 Å². The number of rotatable bonds is 70. The second-order valence-corrected chi connectivity index (χ2v) is 35.0. The maximum absolute atomic E-state index is 14.4. The predicted molar refractivity (Wildman–Crippen MR) is 413 cm³/mol. The van der Waals surface area contributed by atoms with Crippen LogP contribution in [0.15, 0.2) is 0 Å². The maximum Gasteiger partial charge on any atom is 0.361 e. The number of hydrogen-bond donors (Lipinski definition) is 0. The van der Waals surface area contributed by atoms with Crippen molar-refractivity contribution < 1.29 is 191 Å². The lowest BCUT2D eigenvalue weighted by Gasteiger charge is -2.37. The van der Waals surface area contributed by atoms with E-state index in [0.717, 1.165) is 155 Å². The lowest BCUT2D eigenvalue weighted by Crippen LogP contribution is -3.00. The average Bonchev–Trinajstić information content (AvgIpc) is 0.831. The van der Waals surface area contributed by atoms with Gasteiger partial charge in [-0.25, -0.2) is 28.8 Å². The molecule has 0 N–H and O–H groups in total. The smallest absolute Gasteiger partial charge is 0.361 e.